The normalized spacial score (nSPS) is 11.1. The molecule has 0 aliphatic heterocycles. The van der Waals surface area contributed by atoms with Crippen LogP contribution < -0.4 is 14.6 Å². The van der Waals surface area contributed by atoms with E-state index in [-0.39, 0.29) is 10.8 Å². The summed E-state index contributed by atoms with van der Waals surface area (Å²) in [4.78, 5) is 3.73. The van der Waals surface area contributed by atoms with Crippen LogP contribution in [0.25, 0.3) is 0 Å². The van der Waals surface area contributed by atoms with E-state index in [4.69, 9.17) is 14.6 Å². The average molecular weight is 294 g/mol. The molecule has 0 bridgehead atoms. The summed E-state index contributed by atoms with van der Waals surface area (Å²) < 4.78 is 33.6. The van der Waals surface area contributed by atoms with E-state index in [9.17, 15) is 8.42 Å². The highest BCUT2D eigenvalue weighted by atomic mass is 32.2. The number of sulfonamides is 1. The highest BCUT2D eigenvalue weighted by Gasteiger charge is 2.16. The molecule has 20 heavy (non-hydrogen) atoms. The average Bonchev–Trinajstić information content (AvgIpc) is 2.41. The van der Waals surface area contributed by atoms with Gasteiger partial charge < -0.3 is 9.47 Å². The van der Waals surface area contributed by atoms with E-state index in [2.05, 4.69) is 4.98 Å². The SMILES string of the molecule is CCOc1ccc(Oc2ncccc2S(N)(=O)=O)cc1. The molecule has 2 aromatic rings. The fourth-order valence-corrected chi connectivity index (χ4v) is 2.16. The van der Waals surface area contributed by atoms with Crippen molar-refractivity contribution in [2.45, 2.75) is 11.8 Å². The minimum Gasteiger partial charge on any atom is -0.494 e. The van der Waals surface area contributed by atoms with E-state index in [1.54, 1.807) is 24.3 Å². The van der Waals surface area contributed by atoms with Crippen LogP contribution in [0.4, 0.5) is 0 Å². The summed E-state index contributed by atoms with van der Waals surface area (Å²) in [7, 11) is -3.88. The van der Waals surface area contributed by atoms with E-state index in [0.29, 0.717) is 18.1 Å². The first-order valence-electron chi connectivity index (χ1n) is 5.89. The Bertz CT molecular complexity index is 684. The number of nitrogens with two attached hydrogens (primary N) is 1. The number of benzene rings is 1. The van der Waals surface area contributed by atoms with Gasteiger partial charge in [0.2, 0.25) is 15.9 Å². The first kappa shape index (κ1) is 14.3. The van der Waals surface area contributed by atoms with Gasteiger partial charge in [0, 0.05) is 6.20 Å². The van der Waals surface area contributed by atoms with Crippen LogP contribution in [0.2, 0.25) is 0 Å². The van der Waals surface area contributed by atoms with Crippen molar-refractivity contribution in [2.24, 2.45) is 5.14 Å². The first-order valence-corrected chi connectivity index (χ1v) is 7.44. The fourth-order valence-electron chi connectivity index (χ4n) is 1.55. The Hall–Kier alpha value is -2.12. The summed E-state index contributed by atoms with van der Waals surface area (Å²) in [5.74, 6) is 1.09. The molecule has 106 valence electrons. The molecule has 0 atom stereocenters. The molecule has 0 spiro atoms. The lowest BCUT2D eigenvalue weighted by Crippen LogP contribution is -2.13. The van der Waals surface area contributed by atoms with Crippen molar-refractivity contribution < 1.29 is 17.9 Å². The maximum Gasteiger partial charge on any atom is 0.243 e. The van der Waals surface area contributed by atoms with Crippen LogP contribution in [0.5, 0.6) is 17.4 Å². The summed E-state index contributed by atoms with van der Waals surface area (Å²) in [6, 6.07) is 9.58. The van der Waals surface area contributed by atoms with Gasteiger partial charge in [-0.1, -0.05) is 0 Å². The third kappa shape index (κ3) is 3.46. The minimum atomic E-state index is -3.88. The molecule has 0 fully saturated rings. The predicted molar refractivity (Wildman–Crippen MR) is 73.3 cm³/mol. The fraction of sp³-hybridized carbons (Fsp3) is 0.154. The van der Waals surface area contributed by atoms with E-state index in [0.717, 1.165) is 0 Å². The van der Waals surface area contributed by atoms with Crippen molar-refractivity contribution in [1.29, 1.82) is 0 Å². The van der Waals surface area contributed by atoms with Crippen molar-refractivity contribution >= 4 is 10.0 Å². The Balaban J connectivity index is 2.26. The zero-order valence-electron chi connectivity index (χ0n) is 10.8. The molecule has 0 saturated carbocycles. The molecule has 0 saturated heterocycles. The van der Waals surface area contributed by atoms with Gasteiger partial charge >= 0.3 is 0 Å². The predicted octanol–water partition coefficient (Wildman–Crippen LogP) is 1.92. The third-order valence-corrected chi connectivity index (χ3v) is 3.32. The topological polar surface area (TPSA) is 91.5 Å². The van der Waals surface area contributed by atoms with Crippen LogP contribution in [-0.2, 0) is 10.0 Å². The van der Waals surface area contributed by atoms with Crippen LogP contribution in [0.3, 0.4) is 0 Å². The Morgan fingerprint density at radius 3 is 2.40 bits per heavy atom. The van der Waals surface area contributed by atoms with E-state index in [1.165, 1.54) is 18.3 Å². The number of rotatable bonds is 5. The summed E-state index contributed by atoms with van der Waals surface area (Å²) >= 11 is 0. The van der Waals surface area contributed by atoms with Crippen molar-refractivity contribution in [3.05, 3.63) is 42.6 Å². The summed E-state index contributed by atoms with van der Waals surface area (Å²) in [6.45, 7) is 2.45. The second-order valence-corrected chi connectivity index (χ2v) is 5.39. The van der Waals surface area contributed by atoms with Crippen LogP contribution in [0, 0.1) is 0 Å². The monoisotopic (exact) mass is 294 g/mol. The first-order chi connectivity index (χ1) is 9.50. The van der Waals surface area contributed by atoms with Crippen LogP contribution in [0.1, 0.15) is 6.92 Å². The highest BCUT2D eigenvalue weighted by Crippen LogP contribution is 2.26. The lowest BCUT2D eigenvalue weighted by atomic mass is 10.3. The van der Waals surface area contributed by atoms with Gasteiger partial charge in [-0.25, -0.2) is 18.5 Å². The lowest BCUT2D eigenvalue weighted by Gasteiger charge is -2.09. The molecular formula is C13H14N2O4S. The van der Waals surface area contributed by atoms with Crippen LogP contribution >= 0.6 is 0 Å². The maximum absolute atomic E-state index is 11.4. The number of ether oxygens (including phenoxy) is 2. The van der Waals surface area contributed by atoms with Gasteiger partial charge in [0.25, 0.3) is 0 Å². The second kappa shape index (κ2) is 5.89. The number of nitrogens with zero attached hydrogens (tertiary/aromatic N) is 1. The molecule has 1 aromatic carbocycles. The summed E-state index contributed by atoms with van der Waals surface area (Å²) in [5, 5.41) is 5.11. The largest absolute Gasteiger partial charge is 0.494 e. The lowest BCUT2D eigenvalue weighted by molar-refractivity contribution is 0.339. The molecule has 2 rings (SSSR count). The molecule has 1 heterocycles. The van der Waals surface area contributed by atoms with E-state index < -0.39 is 10.0 Å². The van der Waals surface area contributed by atoms with Crippen molar-refractivity contribution in [3.63, 3.8) is 0 Å². The van der Waals surface area contributed by atoms with Crippen LogP contribution in [0.15, 0.2) is 47.5 Å². The molecule has 2 N–H and O–H groups in total. The van der Waals surface area contributed by atoms with Crippen LogP contribution in [-0.4, -0.2) is 20.0 Å². The number of hydrogen-bond acceptors (Lipinski definition) is 5. The smallest absolute Gasteiger partial charge is 0.243 e. The van der Waals surface area contributed by atoms with Gasteiger partial charge in [-0.2, -0.15) is 0 Å². The van der Waals surface area contributed by atoms with Gasteiger partial charge in [0.15, 0.2) is 0 Å². The second-order valence-electron chi connectivity index (χ2n) is 3.86. The van der Waals surface area contributed by atoms with Gasteiger partial charge in [0.1, 0.15) is 16.4 Å². The number of pyridine rings is 1. The molecule has 1 aromatic heterocycles. The number of primary sulfonamides is 1. The quantitative estimate of drug-likeness (QED) is 0.909. The summed E-state index contributed by atoms with van der Waals surface area (Å²) in [5.41, 5.74) is 0. The number of hydrogen-bond donors (Lipinski definition) is 1. The molecule has 0 aliphatic carbocycles. The molecule has 0 radical (unpaired) electrons. The maximum atomic E-state index is 11.4. The zero-order valence-corrected chi connectivity index (χ0v) is 11.6. The van der Waals surface area contributed by atoms with Gasteiger partial charge in [-0.05, 0) is 43.3 Å². The Morgan fingerprint density at radius 1 is 1.15 bits per heavy atom. The molecule has 0 unspecified atom stereocenters. The molecular weight excluding hydrogens is 280 g/mol. The Morgan fingerprint density at radius 2 is 1.80 bits per heavy atom. The Labute approximate surface area is 117 Å². The van der Waals surface area contributed by atoms with E-state index >= 15 is 0 Å². The standard InChI is InChI=1S/C13H14N2O4S/c1-2-18-10-5-7-11(8-6-10)19-13-12(20(14,16)17)4-3-9-15-13/h3-9H,2H2,1H3,(H2,14,16,17). The molecule has 6 nitrogen and oxygen atoms in total. The van der Waals surface area contributed by atoms with Gasteiger partial charge in [-0.3, -0.25) is 0 Å². The summed E-state index contributed by atoms with van der Waals surface area (Å²) in [6.07, 6.45) is 1.43. The van der Waals surface area contributed by atoms with Crippen molar-refractivity contribution in [2.75, 3.05) is 6.61 Å². The Kier molecular flexibility index (Phi) is 4.21. The van der Waals surface area contributed by atoms with Gasteiger partial charge in [-0.15, -0.1) is 0 Å². The number of aromatic nitrogens is 1. The molecule has 7 heteroatoms. The van der Waals surface area contributed by atoms with Crippen molar-refractivity contribution in [3.8, 4) is 17.4 Å². The molecule has 0 aliphatic rings. The van der Waals surface area contributed by atoms with Gasteiger partial charge in [0.05, 0.1) is 6.61 Å². The third-order valence-electron chi connectivity index (χ3n) is 2.39. The zero-order chi connectivity index (χ0) is 14.6. The minimum absolute atomic E-state index is 0.0563. The molecule has 0 amide bonds. The van der Waals surface area contributed by atoms with E-state index in [1.807, 2.05) is 6.92 Å². The van der Waals surface area contributed by atoms with Crippen molar-refractivity contribution in [1.82, 2.24) is 4.98 Å². The highest BCUT2D eigenvalue weighted by molar-refractivity contribution is 7.89.